The maximum absolute atomic E-state index is 13.2. The summed E-state index contributed by atoms with van der Waals surface area (Å²) < 4.78 is 5.65. The molecule has 8 heteroatoms. The number of nitrogens with one attached hydrogen (secondary N) is 3. The quantitative estimate of drug-likeness (QED) is 0.367. The highest BCUT2D eigenvalue weighted by Gasteiger charge is 2.32. The number of hydrogen-bond acceptors (Lipinski definition) is 6. The van der Waals surface area contributed by atoms with E-state index in [1.54, 1.807) is 6.20 Å². The number of benzene rings is 2. The van der Waals surface area contributed by atoms with Gasteiger partial charge in [-0.2, -0.15) is 0 Å². The van der Waals surface area contributed by atoms with Crippen molar-refractivity contribution < 1.29 is 14.3 Å². The third kappa shape index (κ3) is 6.38. The van der Waals surface area contributed by atoms with Crippen molar-refractivity contribution in [1.29, 1.82) is 0 Å². The molecule has 3 aromatic rings. The first-order chi connectivity index (χ1) is 16.6. The molecule has 178 valence electrons. The number of anilines is 1. The molecule has 0 spiro atoms. The van der Waals surface area contributed by atoms with E-state index in [4.69, 9.17) is 10.5 Å². The van der Waals surface area contributed by atoms with Gasteiger partial charge in [-0.15, -0.1) is 0 Å². The van der Waals surface area contributed by atoms with Gasteiger partial charge in [0.2, 0.25) is 11.8 Å². The average molecular weight is 462 g/mol. The summed E-state index contributed by atoms with van der Waals surface area (Å²) in [6.45, 7) is 1.49. The number of nitrogens with zero attached hydrogens (tertiary/aromatic N) is 1. The number of pyridine rings is 1. The van der Waals surface area contributed by atoms with E-state index in [9.17, 15) is 9.59 Å². The van der Waals surface area contributed by atoms with Crippen molar-refractivity contribution in [2.45, 2.75) is 37.5 Å². The van der Waals surface area contributed by atoms with E-state index in [0.717, 1.165) is 16.5 Å². The fourth-order valence-corrected chi connectivity index (χ4v) is 4.13. The minimum Gasteiger partial charge on any atom is -0.376 e. The number of aromatic nitrogens is 1. The molecule has 1 saturated heterocycles. The molecule has 0 bridgehead atoms. The first-order valence-electron chi connectivity index (χ1n) is 11.7. The minimum atomic E-state index is -0.690. The summed E-state index contributed by atoms with van der Waals surface area (Å²) in [6, 6.07) is 18.4. The highest BCUT2D eigenvalue weighted by Crippen LogP contribution is 2.17. The van der Waals surface area contributed by atoms with Crippen LogP contribution in [0.1, 0.15) is 18.4 Å². The van der Waals surface area contributed by atoms with Gasteiger partial charge in [0.1, 0.15) is 6.04 Å². The summed E-state index contributed by atoms with van der Waals surface area (Å²) >= 11 is 0. The van der Waals surface area contributed by atoms with Crippen LogP contribution < -0.4 is 21.7 Å². The van der Waals surface area contributed by atoms with E-state index >= 15 is 0 Å². The predicted molar refractivity (Wildman–Crippen MR) is 132 cm³/mol. The highest BCUT2D eigenvalue weighted by molar-refractivity contribution is 5.99. The zero-order valence-corrected chi connectivity index (χ0v) is 19.1. The number of amides is 2. The van der Waals surface area contributed by atoms with E-state index in [2.05, 4.69) is 20.9 Å². The van der Waals surface area contributed by atoms with E-state index in [1.165, 1.54) is 0 Å². The first kappa shape index (κ1) is 23.8. The topological polar surface area (TPSA) is 118 Å². The smallest absolute Gasteiger partial charge is 0.247 e. The van der Waals surface area contributed by atoms with Gasteiger partial charge in [0.15, 0.2) is 0 Å². The van der Waals surface area contributed by atoms with Crippen molar-refractivity contribution in [3.05, 3.63) is 72.4 Å². The van der Waals surface area contributed by atoms with Gasteiger partial charge in [-0.3, -0.25) is 14.6 Å². The number of rotatable bonds is 10. The van der Waals surface area contributed by atoms with Crippen molar-refractivity contribution in [1.82, 2.24) is 15.6 Å². The van der Waals surface area contributed by atoms with Gasteiger partial charge in [-0.05, 0) is 37.0 Å². The molecule has 4 rings (SSSR count). The van der Waals surface area contributed by atoms with E-state index in [1.807, 2.05) is 60.7 Å². The molecule has 1 aromatic heterocycles. The maximum atomic E-state index is 13.2. The molecule has 2 amide bonds. The van der Waals surface area contributed by atoms with Crippen LogP contribution in [-0.4, -0.2) is 54.7 Å². The van der Waals surface area contributed by atoms with Crippen LogP contribution in [0.3, 0.4) is 0 Å². The summed E-state index contributed by atoms with van der Waals surface area (Å²) in [5.41, 5.74) is 8.06. The van der Waals surface area contributed by atoms with Crippen molar-refractivity contribution in [3.8, 4) is 0 Å². The lowest BCUT2D eigenvalue weighted by Gasteiger charge is -2.21. The Hall–Kier alpha value is -3.33. The molecule has 2 aromatic carbocycles. The Balaban J connectivity index is 1.43. The lowest BCUT2D eigenvalue weighted by Crippen LogP contribution is -2.50. The number of carbonyl (C=O) groups excluding carboxylic acids is 2. The summed E-state index contributed by atoms with van der Waals surface area (Å²) in [7, 11) is 0. The molecular formula is C26H31N5O3. The van der Waals surface area contributed by atoms with Gasteiger partial charge < -0.3 is 26.4 Å². The van der Waals surface area contributed by atoms with E-state index in [0.29, 0.717) is 44.6 Å². The SMILES string of the molecule is NCCO[C@H]1CN[C@H](C(=O)NC(CCc2ccccc2)C(=O)Nc2cnc3ccccc3c2)C1. The summed E-state index contributed by atoms with van der Waals surface area (Å²) in [4.78, 5) is 30.6. The molecule has 8 nitrogen and oxygen atoms in total. The second-order valence-electron chi connectivity index (χ2n) is 8.47. The first-order valence-corrected chi connectivity index (χ1v) is 11.7. The average Bonchev–Trinajstić information content (AvgIpc) is 3.35. The molecule has 1 aliphatic rings. The Labute approximate surface area is 199 Å². The van der Waals surface area contributed by atoms with E-state index in [-0.39, 0.29) is 17.9 Å². The fraction of sp³-hybridized carbons (Fsp3) is 0.346. The molecule has 0 aliphatic carbocycles. The Morgan fingerprint density at radius 3 is 2.76 bits per heavy atom. The summed E-state index contributed by atoms with van der Waals surface area (Å²) in [6.07, 6.45) is 3.26. The van der Waals surface area contributed by atoms with Crippen LogP contribution in [0.4, 0.5) is 5.69 Å². The summed E-state index contributed by atoms with van der Waals surface area (Å²) in [5.74, 6) is -0.473. The third-order valence-corrected chi connectivity index (χ3v) is 5.93. The molecule has 1 fully saturated rings. The van der Waals surface area contributed by atoms with Crippen molar-refractivity contribution in [2.75, 3.05) is 25.0 Å². The van der Waals surface area contributed by atoms with Gasteiger partial charge in [-0.1, -0.05) is 48.5 Å². The largest absolute Gasteiger partial charge is 0.376 e. The zero-order valence-electron chi connectivity index (χ0n) is 19.1. The standard InChI is InChI=1S/C26H31N5O3/c27-12-13-34-21-15-24(29-17-21)26(33)31-23(11-10-18-6-2-1-3-7-18)25(32)30-20-14-19-8-4-5-9-22(19)28-16-20/h1-9,14,16,21,23-24,29H,10-13,15,17,27H2,(H,30,32)(H,31,33)/t21-,23?,24+/m1/s1. The van der Waals surface area contributed by atoms with Crippen molar-refractivity contribution in [3.63, 3.8) is 0 Å². The number of carbonyl (C=O) groups is 2. The Morgan fingerprint density at radius 2 is 1.94 bits per heavy atom. The predicted octanol–water partition coefficient (Wildman–Crippen LogP) is 2.00. The van der Waals surface area contributed by atoms with Crippen LogP contribution in [0.5, 0.6) is 0 Å². The Morgan fingerprint density at radius 1 is 1.15 bits per heavy atom. The number of aryl methyl sites for hydroxylation is 1. The Kier molecular flexibility index (Phi) is 8.19. The maximum Gasteiger partial charge on any atom is 0.247 e. The molecule has 34 heavy (non-hydrogen) atoms. The lowest BCUT2D eigenvalue weighted by atomic mass is 10.0. The molecule has 0 saturated carbocycles. The molecule has 2 heterocycles. The zero-order chi connectivity index (χ0) is 23.8. The number of nitrogens with two attached hydrogens (primary N) is 1. The normalized spacial score (nSPS) is 18.5. The number of ether oxygens (including phenoxy) is 1. The molecule has 1 unspecified atom stereocenters. The number of fused-ring (bicyclic) bond motifs is 1. The van der Waals surface area contributed by atoms with Crippen LogP contribution >= 0.6 is 0 Å². The molecule has 1 aliphatic heterocycles. The van der Waals surface area contributed by atoms with Crippen LogP contribution in [0, 0.1) is 0 Å². The summed E-state index contributed by atoms with van der Waals surface area (Å²) in [5, 5.41) is 9.99. The monoisotopic (exact) mass is 461 g/mol. The van der Waals surface area contributed by atoms with E-state index < -0.39 is 12.1 Å². The molecular weight excluding hydrogens is 430 g/mol. The van der Waals surface area contributed by atoms with Gasteiger partial charge in [0, 0.05) is 18.5 Å². The van der Waals surface area contributed by atoms with Crippen LogP contribution in [0.25, 0.3) is 10.9 Å². The number of para-hydroxylation sites is 1. The van der Waals surface area contributed by atoms with Gasteiger partial charge >= 0.3 is 0 Å². The third-order valence-electron chi connectivity index (χ3n) is 5.93. The minimum absolute atomic E-state index is 0.0560. The number of hydrogen-bond donors (Lipinski definition) is 4. The molecule has 5 N–H and O–H groups in total. The van der Waals surface area contributed by atoms with Gasteiger partial charge in [-0.25, -0.2) is 0 Å². The Bertz CT molecular complexity index is 1110. The highest BCUT2D eigenvalue weighted by atomic mass is 16.5. The lowest BCUT2D eigenvalue weighted by molar-refractivity contribution is -0.127. The fourth-order valence-electron chi connectivity index (χ4n) is 4.13. The second kappa shape index (κ2) is 11.7. The molecule has 0 radical (unpaired) electrons. The van der Waals surface area contributed by atoms with Gasteiger partial charge in [0.25, 0.3) is 0 Å². The molecule has 3 atom stereocenters. The van der Waals surface area contributed by atoms with Crippen molar-refractivity contribution in [2.24, 2.45) is 5.73 Å². The van der Waals surface area contributed by atoms with Crippen LogP contribution in [0.15, 0.2) is 66.9 Å². The second-order valence-corrected chi connectivity index (χ2v) is 8.47. The van der Waals surface area contributed by atoms with Gasteiger partial charge in [0.05, 0.1) is 36.2 Å². The van der Waals surface area contributed by atoms with Crippen molar-refractivity contribution >= 4 is 28.4 Å². The van der Waals surface area contributed by atoms with Crippen LogP contribution in [0.2, 0.25) is 0 Å². The van der Waals surface area contributed by atoms with Crippen LogP contribution in [-0.2, 0) is 20.7 Å².